The lowest BCUT2D eigenvalue weighted by Crippen LogP contribution is -2.34. The van der Waals surface area contributed by atoms with E-state index in [9.17, 15) is 15.0 Å². The van der Waals surface area contributed by atoms with Crippen LogP contribution in [-0.4, -0.2) is 38.5 Å². The molecule has 0 aromatic carbocycles. The monoisotopic (exact) mass is 227 g/mol. The minimum atomic E-state index is -1.04. The average molecular weight is 227 g/mol. The van der Waals surface area contributed by atoms with E-state index in [1.165, 1.54) is 13.1 Å². The van der Waals surface area contributed by atoms with E-state index in [0.29, 0.717) is 12.1 Å². The van der Waals surface area contributed by atoms with Crippen LogP contribution < -0.4 is 5.32 Å². The number of nitrogens with zero attached hydrogens (tertiary/aromatic N) is 2. The molecule has 1 rings (SSSR count). The first-order chi connectivity index (χ1) is 7.54. The van der Waals surface area contributed by atoms with Crippen LogP contribution in [0.4, 0.5) is 0 Å². The molecule has 0 radical (unpaired) electrons. The second-order valence-electron chi connectivity index (χ2n) is 3.58. The van der Waals surface area contributed by atoms with E-state index >= 15 is 0 Å². The molecule has 0 aliphatic heterocycles. The zero-order valence-electron chi connectivity index (χ0n) is 9.42. The maximum atomic E-state index is 10.6. The van der Waals surface area contributed by atoms with Gasteiger partial charge in [-0.2, -0.15) is 5.10 Å². The van der Waals surface area contributed by atoms with E-state index in [4.69, 9.17) is 0 Å². The fourth-order valence-corrected chi connectivity index (χ4v) is 1.29. The first-order valence-electron chi connectivity index (χ1n) is 5.17. The van der Waals surface area contributed by atoms with Gasteiger partial charge in [-0.1, -0.05) is 0 Å². The number of amides is 1. The molecule has 1 heterocycles. The molecule has 0 aliphatic carbocycles. The number of carbonyl (C=O) groups is 1. The summed E-state index contributed by atoms with van der Waals surface area (Å²) < 4.78 is 1.66. The first kappa shape index (κ1) is 12.7. The third kappa shape index (κ3) is 3.32. The Morgan fingerprint density at radius 2 is 2.31 bits per heavy atom. The van der Waals surface area contributed by atoms with E-state index < -0.39 is 12.2 Å². The van der Waals surface area contributed by atoms with Crippen molar-refractivity contribution in [3.63, 3.8) is 0 Å². The van der Waals surface area contributed by atoms with Crippen molar-refractivity contribution in [1.82, 2.24) is 15.1 Å². The number of carbonyl (C=O) groups excluding carboxylic acids is 1. The van der Waals surface area contributed by atoms with Crippen LogP contribution in [-0.2, 0) is 11.3 Å². The van der Waals surface area contributed by atoms with Crippen LogP contribution in [0.25, 0.3) is 0 Å². The zero-order valence-corrected chi connectivity index (χ0v) is 9.42. The number of aliphatic hydroxyl groups excluding tert-OH is 2. The van der Waals surface area contributed by atoms with Crippen molar-refractivity contribution in [2.45, 2.75) is 32.6 Å². The van der Waals surface area contributed by atoms with Crippen molar-refractivity contribution in [2.75, 3.05) is 6.54 Å². The summed E-state index contributed by atoms with van der Waals surface area (Å²) in [5.74, 6) is -0.240. The second kappa shape index (κ2) is 5.62. The summed E-state index contributed by atoms with van der Waals surface area (Å²) in [6.45, 7) is 4.01. The summed E-state index contributed by atoms with van der Waals surface area (Å²) in [5, 5.41) is 25.8. The van der Waals surface area contributed by atoms with Crippen molar-refractivity contribution >= 4 is 5.91 Å². The summed E-state index contributed by atoms with van der Waals surface area (Å²) in [6, 6.07) is 0. The van der Waals surface area contributed by atoms with Gasteiger partial charge in [0.15, 0.2) is 0 Å². The molecule has 1 aromatic heterocycles. The Morgan fingerprint density at radius 1 is 1.62 bits per heavy atom. The minimum Gasteiger partial charge on any atom is -0.388 e. The lowest BCUT2D eigenvalue weighted by atomic mass is 10.1. The number of aromatic nitrogens is 2. The van der Waals surface area contributed by atoms with Gasteiger partial charge in [0.1, 0.15) is 12.2 Å². The molecule has 2 atom stereocenters. The molecular weight excluding hydrogens is 210 g/mol. The van der Waals surface area contributed by atoms with Crippen LogP contribution in [0.15, 0.2) is 12.4 Å². The maximum absolute atomic E-state index is 10.6. The van der Waals surface area contributed by atoms with Crippen LogP contribution in [0.5, 0.6) is 0 Å². The summed E-state index contributed by atoms with van der Waals surface area (Å²) in [7, 11) is 0. The van der Waals surface area contributed by atoms with Crippen molar-refractivity contribution in [3.05, 3.63) is 18.0 Å². The van der Waals surface area contributed by atoms with Crippen molar-refractivity contribution in [1.29, 1.82) is 0 Å². The molecule has 90 valence electrons. The van der Waals surface area contributed by atoms with Crippen LogP contribution in [0.3, 0.4) is 0 Å². The van der Waals surface area contributed by atoms with Gasteiger partial charge in [-0.3, -0.25) is 9.48 Å². The summed E-state index contributed by atoms with van der Waals surface area (Å²) in [5.41, 5.74) is 0.541. The molecule has 3 N–H and O–H groups in total. The lowest BCUT2D eigenvalue weighted by Gasteiger charge is -2.16. The van der Waals surface area contributed by atoms with Crippen LogP contribution in [0.2, 0.25) is 0 Å². The molecule has 0 fully saturated rings. The average Bonchev–Trinajstić information content (AvgIpc) is 2.73. The Hall–Kier alpha value is -1.40. The fraction of sp³-hybridized carbons (Fsp3) is 0.600. The van der Waals surface area contributed by atoms with Gasteiger partial charge >= 0.3 is 0 Å². The molecular formula is C10H17N3O3. The standard InChI is InChI=1S/C10H17N3O3/c1-3-13-6-8(4-12-13)10(16)9(15)5-11-7(2)14/h4,6,9-10,15-16H,3,5H2,1-2H3,(H,11,14). The Kier molecular flexibility index (Phi) is 4.45. The smallest absolute Gasteiger partial charge is 0.216 e. The van der Waals surface area contributed by atoms with Gasteiger partial charge in [0.25, 0.3) is 0 Å². The Morgan fingerprint density at radius 3 is 2.81 bits per heavy atom. The van der Waals surface area contributed by atoms with Gasteiger partial charge < -0.3 is 15.5 Å². The minimum absolute atomic E-state index is 0.0216. The molecule has 0 bridgehead atoms. The SMILES string of the molecule is CCn1cc(C(O)C(O)CNC(C)=O)cn1. The number of nitrogens with one attached hydrogen (secondary N) is 1. The number of rotatable bonds is 5. The van der Waals surface area contributed by atoms with Crippen LogP contribution in [0.1, 0.15) is 25.5 Å². The molecule has 6 heteroatoms. The molecule has 0 saturated carbocycles. The van der Waals surface area contributed by atoms with E-state index in [2.05, 4.69) is 10.4 Å². The second-order valence-corrected chi connectivity index (χ2v) is 3.58. The number of hydrogen-bond donors (Lipinski definition) is 3. The Labute approximate surface area is 93.9 Å². The van der Waals surface area contributed by atoms with Gasteiger partial charge in [-0.25, -0.2) is 0 Å². The highest BCUT2D eigenvalue weighted by Crippen LogP contribution is 2.15. The molecule has 0 spiro atoms. The molecule has 6 nitrogen and oxygen atoms in total. The van der Waals surface area contributed by atoms with Crippen LogP contribution >= 0.6 is 0 Å². The normalized spacial score (nSPS) is 14.5. The lowest BCUT2D eigenvalue weighted by molar-refractivity contribution is -0.119. The predicted molar refractivity (Wildman–Crippen MR) is 57.6 cm³/mol. The third-order valence-corrected chi connectivity index (χ3v) is 2.24. The molecule has 0 aliphatic rings. The third-order valence-electron chi connectivity index (χ3n) is 2.24. The van der Waals surface area contributed by atoms with E-state index in [0.717, 1.165) is 0 Å². The van der Waals surface area contributed by atoms with Crippen molar-refractivity contribution in [3.8, 4) is 0 Å². The van der Waals surface area contributed by atoms with Gasteiger partial charge in [0, 0.05) is 31.8 Å². The van der Waals surface area contributed by atoms with Crippen molar-refractivity contribution in [2.24, 2.45) is 0 Å². The highest BCUT2D eigenvalue weighted by atomic mass is 16.3. The molecule has 16 heavy (non-hydrogen) atoms. The van der Waals surface area contributed by atoms with Gasteiger partial charge in [-0.15, -0.1) is 0 Å². The van der Waals surface area contributed by atoms with Gasteiger partial charge in [0.05, 0.1) is 6.20 Å². The fourth-order valence-electron chi connectivity index (χ4n) is 1.29. The highest BCUT2D eigenvalue weighted by Gasteiger charge is 2.19. The molecule has 1 aromatic rings. The summed E-state index contributed by atoms with van der Waals surface area (Å²) >= 11 is 0. The predicted octanol–water partition coefficient (Wildman–Crippen LogP) is -0.567. The van der Waals surface area contributed by atoms with Gasteiger partial charge in [0.2, 0.25) is 5.91 Å². The maximum Gasteiger partial charge on any atom is 0.216 e. The van der Waals surface area contributed by atoms with E-state index in [1.807, 2.05) is 6.92 Å². The van der Waals surface area contributed by atoms with E-state index in [1.54, 1.807) is 10.9 Å². The highest BCUT2D eigenvalue weighted by molar-refractivity contribution is 5.72. The topological polar surface area (TPSA) is 87.4 Å². The van der Waals surface area contributed by atoms with Crippen LogP contribution in [0, 0.1) is 0 Å². The molecule has 1 amide bonds. The molecule has 2 unspecified atom stereocenters. The quantitative estimate of drug-likeness (QED) is 0.629. The number of aliphatic hydroxyl groups is 2. The van der Waals surface area contributed by atoms with Gasteiger partial charge in [-0.05, 0) is 6.92 Å². The Balaban J connectivity index is 2.55. The summed E-state index contributed by atoms with van der Waals surface area (Å²) in [4.78, 5) is 10.6. The Bertz CT molecular complexity index is 351. The number of hydrogen-bond acceptors (Lipinski definition) is 4. The zero-order chi connectivity index (χ0) is 12.1. The van der Waals surface area contributed by atoms with Crippen molar-refractivity contribution < 1.29 is 15.0 Å². The summed E-state index contributed by atoms with van der Waals surface area (Å²) in [6.07, 6.45) is 1.11. The van der Waals surface area contributed by atoms with E-state index in [-0.39, 0.29) is 12.5 Å². The first-order valence-corrected chi connectivity index (χ1v) is 5.17. The largest absolute Gasteiger partial charge is 0.388 e. The molecule has 0 saturated heterocycles. The number of aryl methyl sites for hydroxylation is 1.